The van der Waals surface area contributed by atoms with Crippen molar-refractivity contribution in [1.82, 2.24) is 14.8 Å². The van der Waals surface area contributed by atoms with E-state index in [0.29, 0.717) is 29.7 Å². The van der Waals surface area contributed by atoms with Gasteiger partial charge in [-0.3, -0.25) is 0 Å². The molecule has 0 saturated heterocycles. The fraction of sp³-hybridized carbons (Fsp3) is 0.278. The van der Waals surface area contributed by atoms with Crippen molar-refractivity contribution in [2.45, 2.75) is 25.3 Å². The molecule has 0 aliphatic heterocycles. The van der Waals surface area contributed by atoms with Crippen LogP contribution in [0.1, 0.15) is 34.9 Å². The molecule has 0 amide bonds. The van der Waals surface area contributed by atoms with Gasteiger partial charge in [0.1, 0.15) is 10.8 Å². The van der Waals surface area contributed by atoms with E-state index in [9.17, 15) is 5.26 Å². The van der Waals surface area contributed by atoms with Crippen LogP contribution < -0.4 is 10.5 Å². The maximum atomic E-state index is 9.22. The van der Waals surface area contributed by atoms with Crippen LogP contribution in [0.15, 0.2) is 30.5 Å². The van der Waals surface area contributed by atoms with E-state index in [0.717, 1.165) is 21.1 Å². The van der Waals surface area contributed by atoms with E-state index in [-0.39, 0.29) is 0 Å². The summed E-state index contributed by atoms with van der Waals surface area (Å²) < 4.78 is 7.86. The lowest BCUT2D eigenvalue weighted by Crippen LogP contribution is -1.97. The number of benzene rings is 1. The van der Waals surface area contributed by atoms with E-state index in [4.69, 9.17) is 10.5 Å². The average Bonchev–Trinajstić information content (AvgIpc) is 3.26. The molecular formula is C18H17N5OS. The number of hydrogen-bond acceptors (Lipinski definition) is 6. The van der Waals surface area contributed by atoms with Crippen LogP contribution in [0.25, 0.3) is 10.6 Å². The van der Waals surface area contributed by atoms with Gasteiger partial charge in [0.15, 0.2) is 0 Å². The molecule has 1 saturated carbocycles. The number of ether oxygens (including phenoxy) is 1. The fourth-order valence-corrected chi connectivity index (χ4v) is 3.46. The number of aryl methyl sites for hydroxylation is 1. The lowest BCUT2D eigenvalue weighted by molar-refractivity contribution is 0.432. The number of nitrogens with two attached hydrogens (primary N) is 1. The minimum absolute atomic E-state index is 0.455. The maximum Gasteiger partial charge on any atom is 0.217 e. The molecule has 7 heteroatoms. The second-order valence-electron chi connectivity index (χ2n) is 6.07. The van der Waals surface area contributed by atoms with Crippen LogP contribution in [0.3, 0.4) is 0 Å². The summed E-state index contributed by atoms with van der Waals surface area (Å²) in [6.45, 7) is 0.455. The smallest absolute Gasteiger partial charge is 0.217 e. The van der Waals surface area contributed by atoms with Crippen molar-refractivity contribution in [3.63, 3.8) is 0 Å². The monoisotopic (exact) mass is 351 g/mol. The van der Waals surface area contributed by atoms with Crippen molar-refractivity contribution in [2.24, 2.45) is 12.8 Å². The molecule has 2 aromatic heterocycles. The summed E-state index contributed by atoms with van der Waals surface area (Å²) >= 11 is 1.53. The molecule has 1 aliphatic rings. The summed E-state index contributed by atoms with van der Waals surface area (Å²) in [5, 5.41) is 14.6. The Labute approximate surface area is 149 Å². The van der Waals surface area contributed by atoms with Crippen LogP contribution in [0.5, 0.6) is 11.6 Å². The minimum Gasteiger partial charge on any atom is -0.439 e. The first-order valence-electron chi connectivity index (χ1n) is 8.09. The topological polar surface area (TPSA) is 89.8 Å². The van der Waals surface area contributed by atoms with Crippen LogP contribution in [0, 0.1) is 11.3 Å². The lowest BCUT2D eigenvalue weighted by atomic mass is 10.1. The van der Waals surface area contributed by atoms with Gasteiger partial charge in [-0.1, -0.05) is 0 Å². The number of hydrogen-bond donors (Lipinski definition) is 1. The Bertz CT molecular complexity index is 964. The predicted molar refractivity (Wildman–Crippen MR) is 95.4 cm³/mol. The van der Waals surface area contributed by atoms with Gasteiger partial charge in [-0.25, -0.2) is 9.67 Å². The van der Waals surface area contributed by atoms with Crippen LogP contribution in [-0.2, 0) is 13.6 Å². The van der Waals surface area contributed by atoms with E-state index < -0.39 is 0 Å². The number of nitrogens with zero attached hydrogens (tertiary/aromatic N) is 4. The van der Waals surface area contributed by atoms with Crippen molar-refractivity contribution < 1.29 is 4.74 Å². The molecule has 0 unspecified atom stereocenters. The Balaban J connectivity index is 1.73. The highest BCUT2D eigenvalue weighted by Crippen LogP contribution is 2.42. The van der Waals surface area contributed by atoms with Crippen molar-refractivity contribution in [2.75, 3.05) is 0 Å². The Morgan fingerprint density at radius 3 is 2.92 bits per heavy atom. The molecule has 6 nitrogen and oxygen atoms in total. The quantitative estimate of drug-likeness (QED) is 0.759. The number of thiazole rings is 1. The molecule has 25 heavy (non-hydrogen) atoms. The Hall–Kier alpha value is -2.69. The minimum atomic E-state index is 0.455. The van der Waals surface area contributed by atoms with Crippen LogP contribution in [-0.4, -0.2) is 14.8 Å². The molecule has 1 fully saturated rings. The number of nitriles is 1. The Morgan fingerprint density at radius 1 is 1.40 bits per heavy atom. The third-order valence-electron chi connectivity index (χ3n) is 4.16. The predicted octanol–water partition coefficient (Wildman–Crippen LogP) is 3.54. The summed E-state index contributed by atoms with van der Waals surface area (Å²) in [4.78, 5) is 5.44. The molecule has 4 rings (SSSR count). The molecule has 0 atom stereocenters. The maximum absolute atomic E-state index is 9.22. The third-order valence-corrected chi connectivity index (χ3v) is 5.21. The van der Waals surface area contributed by atoms with E-state index in [2.05, 4.69) is 16.2 Å². The highest BCUT2D eigenvalue weighted by molar-refractivity contribution is 7.15. The zero-order valence-electron chi connectivity index (χ0n) is 13.8. The summed E-state index contributed by atoms with van der Waals surface area (Å²) in [5.74, 6) is 1.82. The van der Waals surface area contributed by atoms with E-state index >= 15 is 0 Å². The van der Waals surface area contributed by atoms with Gasteiger partial charge in [-0.05, 0) is 31.0 Å². The van der Waals surface area contributed by atoms with Gasteiger partial charge in [0.25, 0.3) is 0 Å². The molecule has 0 radical (unpaired) electrons. The number of rotatable bonds is 5. The molecule has 3 aromatic rings. The molecule has 0 spiro atoms. The summed E-state index contributed by atoms with van der Waals surface area (Å²) in [6, 6.07) is 9.51. The van der Waals surface area contributed by atoms with Crippen LogP contribution in [0.2, 0.25) is 0 Å². The van der Waals surface area contributed by atoms with E-state index in [1.165, 1.54) is 24.2 Å². The van der Waals surface area contributed by atoms with Crippen molar-refractivity contribution in [1.29, 1.82) is 5.26 Å². The van der Waals surface area contributed by atoms with Gasteiger partial charge in [0.05, 0.1) is 22.9 Å². The Morgan fingerprint density at radius 2 is 2.24 bits per heavy atom. The van der Waals surface area contributed by atoms with E-state index in [1.807, 2.05) is 19.2 Å². The van der Waals surface area contributed by atoms with Crippen LogP contribution in [0.4, 0.5) is 0 Å². The van der Waals surface area contributed by atoms with Gasteiger partial charge >= 0.3 is 0 Å². The zero-order valence-corrected chi connectivity index (χ0v) is 14.6. The van der Waals surface area contributed by atoms with Crippen molar-refractivity contribution in [3.05, 3.63) is 46.6 Å². The molecular weight excluding hydrogens is 334 g/mol. The van der Waals surface area contributed by atoms with Gasteiger partial charge in [-0.15, -0.1) is 11.3 Å². The molecule has 2 N–H and O–H groups in total. The SMILES string of the molecule is Cn1nc(C2CC2)cc1Oc1cc(C#N)ccc1-c1ncc(CN)s1. The van der Waals surface area contributed by atoms with Gasteiger partial charge in [0.2, 0.25) is 5.88 Å². The van der Waals surface area contributed by atoms with Gasteiger partial charge in [0, 0.05) is 36.7 Å². The standard InChI is InChI=1S/C18H17N5OS/c1-23-17(7-15(22-23)12-3-4-12)24-16-6-11(8-19)2-5-14(16)18-21-10-13(9-20)25-18/h2,5-7,10,12H,3-4,9,20H2,1H3. The molecule has 0 bridgehead atoms. The second kappa shape index (κ2) is 6.31. The largest absolute Gasteiger partial charge is 0.439 e. The molecule has 2 heterocycles. The van der Waals surface area contributed by atoms with Gasteiger partial charge < -0.3 is 10.5 Å². The first kappa shape index (κ1) is 15.8. The fourth-order valence-electron chi connectivity index (χ4n) is 2.64. The summed E-state index contributed by atoms with van der Waals surface area (Å²) in [7, 11) is 1.87. The normalized spacial score (nSPS) is 13.6. The lowest BCUT2D eigenvalue weighted by Gasteiger charge is -2.10. The highest BCUT2D eigenvalue weighted by atomic mass is 32.1. The Kier molecular flexibility index (Phi) is 3.99. The second-order valence-corrected chi connectivity index (χ2v) is 7.18. The van der Waals surface area contributed by atoms with Gasteiger partial charge in [-0.2, -0.15) is 10.4 Å². The first-order valence-corrected chi connectivity index (χ1v) is 8.90. The number of aromatic nitrogens is 3. The summed E-state index contributed by atoms with van der Waals surface area (Å²) in [5.41, 5.74) is 8.14. The zero-order chi connectivity index (χ0) is 17.4. The van der Waals surface area contributed by atoms with Crippen molar-refractivity contribution >= 4 is 11.3 Å². The molecule has 126 valence electrons. The van der Waals surface area contributed by atoms with E-state index in [1.54, 1.807) is 23.0 Å². The summed E-state index contributed by atoms with van der Waals surface area (Å²) in [6.07, 6.45) is 4.15. The molecule has 1 aromatic carbocycles. The average molecular weight is 351 g/mol. The van der Waals surface area contributed by atoms with Crippen molar-refractivity contribution in [3.8, 4) is 28.3 Å². The third kappa shape index (κ3) is 3.14. The highest BCUT2D eigenvalue weighted by Gasteiger charge is 2.27. The molecule has 1 aliphatic carbocycles. The van der Waals surface area contributed by atoms with Crippen LogP contribution >= 0.6 is 11.3 Å². The first-order chi connectivity index (χ1) is 12.2.